The van der Waals surface area contributed by atoms with Gasteiger partial charge in [-0.05, 0) is 54.4 Å². The van der Waals surface area contributed by atoms with Crippen LogP contribution in [-0.2, 0) is 6.42 Å². The summed E-state index contributed by atoms with van der Waals surface area (Å²) in [7, 11) is 0. The number of hydrogen-bond donors (Lipinski definition) is 0. The molecule has 0 amide bonds. The zero-order valence-corrected chi connectivity index (χ0v) is 13.4. The monoisotopic (exact) mass is 341 g/mol. The highest BCUT2D eigenvalue weighted by Crippen LogP contribution is 2.22. The maximum absolute atomic E-state index is 12.8. The Labute approximate surface area is 132 Å². The van der Waals surface area contributed by atoms with E-state index in [1.807, 2.05) is 53.1 Å². The molecule has 2 aromatic heterocycles. The molecule has 0 atom stereocenters. The summed E-state index contributed by atoms with van der Waals surface area (Å²) in [4.78, 5) is 12.8. The third-order valence-electron chi connectivity index (χ3n) is 3.62. The number of hydrogen-bond acceptors (Lipinski definition) is 1. The van der Waals surface area contributed by atoms with Crippen LogP contribution in [-0.4, -0.2) is 10.2 Å². The highest BCUT2D eigenvalue weighted by atomic mass is 79.9. The number of aryl methyl sites for hydroxylation is 1. The number of benzene rings is 1. The van der Waals surface area contributed by atoms with E-state index in [1.54, 1.807) is 0 Å². The van der Waals surface area contributed by atoms with Gasteiger partial charge in [-0.25, -0.2) is 0 Å². The Hall–Kier alpha value is -1.87. The highest BCUT2D eigenvalue weighted by molar-refractivity contribution is 9.10. The van der Waals surface area contributed by atoms with E-state index in [4.69, 9.17) is 0 Å². The molecule has 0 fully saturated rings. The van der Waals surface area contributed by atoms with Crippen molar-refractivity contribution in [3.63, 3.8) is 0 Å². The normalized spacial score (nSPS) is 11.0. The van der Waals surface area contributed by atoms with E-state index in [2.05, 4.69) is 28.9 Å². The van der Waals surface area contributed by atoms with Gasteiger partial charge >= 0.3 is 0 Å². The van der Waals surface area contributed by atoms with Crippen molar-refractivity contribution >= 4 is 27.2 Å². The van der Waals surface area contributed by atoms with E-state index in [9.17, 15) is 4.79 Å². The zero-order chi connectivity index (χ0) is 14.8. The van der Waals surface area contributed by atoms with E-state index >= 15 is 0 Å². The Bertz CT molecular complexity index is 787. The van der Waals surface area contributed by atoms with E-state index in [-0.39, 0.29) is 5.78 Å². The summed E-state index contributed by atoms with van der Waals surface area (Å²) in [5, 5.41) is 0. The van der Waals surface area contributed by atoms with Gasteiger partial charge < -0.3 is 4.40 Å². The van der Waals surface area contributed by atoms with Crippen molar-refractivity contribution in [2.45, 2.75) is 19.8 Å². The number of fused-ring (bicyclic) bond motifs is 1. The van der Waals surface area contributed by atoms with Gasteiger partial charge in [-0.1, -0.05) is 35.3 Å². The van der Waals surface area contributed by atoms with Crippen LogP contribution in [0.2, 0.25) is 0 Å². The molecule has 0 spiro atoms. The number of ketones is 1. The van der Waals surface area contributed by atoms with Crippen LogP contribution in [0.5, 0.6) is 0 Å². The fourth-order valence-corrected chi connectivity index (χ4v) is 2.88. The Balaban J connectivity index is 2.11. The highest BCUT2D eigenvalue weighted by Gasteiger charge is 2.16. The first kappa shape index (κ1) is 14.1. The lowest BCUT2D eigenvalue weighted by Crippen LogP contribution is -2.04. The fourth-order valence-electron chi connectivity index (χ4n) is 2.62. The van der Waals surface area contributed by atoms with Crippen molar-refractivity contribution in [3.05, 3.63) is 76.0 Å². The minimum Gasteiger partial charge on any atom is -0.313 e. The molecule has 3 aromatic rings. The summed E-state index contributed by atoms with van der Waals surface area (Å²) in [5.74, 6) is 0.0612. The van der Waals surface area contributed by atoms with Gasteiger partial charge in [0, 0.05) is 21.7 Å². The molecule has 2 heterocycles. The third kappa shape index (κ3) is 2.66. The largest absolute Gasteiger partial charge is 0.313 e. The maximum Gasteiger partial charge on any atom is 0.209 e. The van der Waals surface area contributed by atoms with Gasteiger partial charge in [0.15, 0.2) is 0 Å². The summed E-state index contributed by atoms with van der Waals surface area (Å²) in [6.07, 6.45) is 4.02. The minimum absolute atomic E-state index is 0.0612. The SMILES string of the molecule is CCCc1cc(C(=O)c2ccc(Br)cc2)n2ccccc12. The first-order valence-electron chi connectivity index (χ1n) is 7.10. The van der Waals surface area contributed by atoms with Gasteiger partial charge in [0.2, 0.25) is 5.78 Å². The average Bonchev–Trinajstić information content (AvgIpc) is 2.87. The molecule has 3 rings (SSSR count). The summed E-state index contributed by atoms with van der Waals surface area (Å²) in [6.45, 7) is 2.16. The van der Waals surface area contributed by atoms with Gasteiger partial charge in [0.25, 0.3) is 0 Å². The topological polar surface area (TPSA) is 21.5 Å². The quantitative estimate of drug-likeness (QED) is 0.619. The fraction of sp³-hybridized carbons (Fsp3) is 0.167. The van der Waals surface area contributed by atoms with E-state index in [1.165, 1.54) is 5.56 Å². The smallest absolute Gasteiger partial charge is 0.209 e. The van der Waals surface area contributed by atoms with Gasteiger partial charge in [-0.3, -0.25) is 4.79 Å². The molecule has 0 N–H and O–H groups in total. The Morgan fingerprint density at radius 3 is 2.62 bits per heavy atom. The van der Waals surface area contributed by atoms with Crippen LogP contribution in [0.1, 0.15) is 35.0 Å². The Morgan fingerprint density at radius 1 is 1.14 bits per heavy atom. The predicted molar refractivity (Wildman–Crippen MR) is 89.0 cm³/mol. The summed E-state index contributed by atoms with van der Waals surface area (Å²) in [5.41, 5.74) is 3.80. The van der Waals surface area contributed by atoms with Gasteiger partial charge in [-0.15, -0.1) is 0 Å². The van der Waals surface area contributed by atoms with Crippen molar-refractivity contribution in [2.75, 3.05) is 0 Å². The summed E-state index contributed by atoms with van der Waals surface area (Å²) < 4.78 is 2.97. The lowest BCUT2D eigenvalue weighted by Gasteiger charge is -2.02. The van der Waals surface area contributed by atoms with Crippen molar-refractivity contribution in [1.29, 1.82) is 0 Å². The molecule has 0 unspecified atom stereocenters. The molecule has 21 heavy (non-hydrogen) atoms. The molecule has 0 saturated heterocycles. The van der Waals surface area contributed by atoms with Crippen molar-refractivity contribution in [3.8, 4) is 0 Å². The average molecular weight is 342 g/mol. The first-order valence-corrected chi connectivity index (χ1v) is 7.89. The van der Waals surface area contributed by atoms with E-state index in [0.29, 0.717) is 5.56 Å². The van der Waals surface area contributed by atoms with Gasteiger partial charge in [0.1, 0.15) is 0 Å². The summed E-state index contributed by atoms with van der Waals surface area (Å²) >= 11 is 3.40. The Morgan fingerprint density at radius 2 is 1.90 bits per heavy atom. The molecule has 106 valence electrons. The zero-order valence-electron chi connectivity index (χ0n) is 11.8. The second-order valence-electron chi connectivity index (χ2n) is 5.10. The van der Waals surface area contributed by atoms with Crippen LogP contribution in [0, 0.1) is 0 Å². The van der Waals surface area contributed by atoms with Crippen molar-refractivity contribution in [1.82, 2.24) is 4.40 Å². The van der Waals surface area contributed by atoms with Crippen LogP contribution in [0.4, 0.5) is 0 Å². The van der Waals surface area contributed by atoms with Crippen LogP contribution in [0.3, 0.4) is 0 Å². The molecule has 0 aliphatic carbocycles. The number of halogens is 1. The maximum atomic E-state index is 12.8. The molecular weight excluding hydrogens is 326 g/mol. The van der Waals surface area contributed by atoms with E-state index < -0.39 is 0 Å². The molecule has 1 aromatic carbocycles. The lowest BCUT2D eigenvalue weighted by atomic mass is 10.1. The molecule has 0 radical (unpaired) electrons. The van der Waals surface area contributed by atoms with Crippen LogP contribution in [0.15, 0.2) is 59.2 Å². The molecule has 0 saturated carbocycles. The second-order valence-corrected chi connectivity index (χ2v) is 6.01. The second kappa shape index (κ2) is 5.86. The van der Waals surface area contributed by atoms with Gasteiger partial charge in [-0.2, -0.15) is 0 Å². The molecule has 0 aliphatic rings. The number of nitrogens with zero attached hydrogens (tertiary/aromatic N) is 1. The number of pyridine rings is 1. The lowest BCUT2D eigenvalue weighted by molar-refractivity contribution is 0.103. The summed E-state index contributed by atoms with van der Waals surface area (Å²) in [6, 6.07) is 15.6. The minimum atomic E-state index is 0.0612. The number of carbonyl (C=O) groups excluding carboxylic acids is 1. The van der Waals surface area contributed by atoms with Gasteiger partial charge in [0.05, 0.1) is 5.69 Å². The third-order valence-corrected chi connectivity index (χ3v) is 4.15. The van der Waals surface area contributed by atoms with Crippen LogP contribution in [0.25, 0.3) is 5.52 Å². The molecule has 3 heteroatoms. The van der Waals surface area contributed by atoms with E-state index in [0.717, 1.165) is 28.5 Å². The van der Waals surface area contributed by atoms with Crippen molar-refractivity contribution < 1.29 is 4.79 Å². The molecular formula is C18H16BrNO. The Kier molecular flexibility index (Phi) is 3.93. The molecule has 0 aliphatic heterocycles. The number of rotatable bonds is 4. The van der Waals surface area contributed by atoms with Crippen LogP contribution < -0.4 is 0 Å². The van der Waals surface area contributed by atoms with Crippen LogP contribution >= 0.6 is 15.9 Å². The number of carbonyl (C=O) groups is 1. The molecule has 2 nitrogen and oxygen atoms in total. The standard InChI is InChI=1S/C18H16BrNO/c1-2-5-14-12-17(20-11-4-3-6-16(14)20)18(21)13-7-9-15(19)10-8-13/h3-4,6-12H,2,5H2,1H3. The predicted octanol–water partition coefficient (Wildman–Crippen LogP) is 4.89. The number of aromatic nitrogens is 1. The molecule has 0 bridgehead atoms. The first-order chi connectivity index (χ1) is 10.2. The van der Waals surface area contributed by atoms with Crippen molar-refractivity contribution in [2.24, 2.45) is 0 Å².